The number of hydrogen-bond donors (Lipinski definition) is 1. The van der Waals surface area contributed by atoms with Crippen LogP contribution in [0.15, 0.2) is 12.4 Å². The van der Waals surface area contributed by atoms with E-state index in [0.717, 1.165) is 4.13 Å². The SMILES string of the molecule is C[n+]1cc[nH]c1C[Si](C)(C)C.O=S(=O)([N-]S(=O)(=O)C(F)(F)F)C(F)(F)F. The Morgan fingerprint density at radius 1 is 1.00 bits per heavy atom. The van der Waals surface area contributed by atoms with Crippen LogP contribution < -0.4 is 4.57 Å². The van der Waals surface area contributed by atoms with E-state index < -0.39 is 39.1 Å². The molecule has 1 rings (SSSR count). The van der Waals surface area contributed by atoms with E-state index in [0.29, 0.717) is 0 Å². The molecular weight excluding hydrogens is 432 g/mol. The number of rotatable bonds is 4. The van der Waals surface area contributed by atoms with Gasteiger partial charge in [0.2, 0.25) is 0 Å². The van der Waals surface area contributed by atoms with Gasteiger partial charge in [-0.1, -0.05) is 19.6 Å². The van der Waals surface area contributed by atoms with E-state index in [1.807, 2.05) is 6.20 Å². The van der Waals surface area contributed by atoms with E-state index in [4.69, 9.17) is 0 Å². The average Bonchev–Trinajstić information content (AvgIpc) is 2.69. The van der Waals surface area contributed by atoms with Crippen molar-refractivity contribution < 1.29 is 47.7 Å². The largest absolute Gasteiger partial charge is 0.480 e. The van der Waals surface area contributed by atoms with Crippen molar-refractivity contribution in [3.05, 3.63) is 22.3 Å². The molecule has 0 saturated heterocycles. The zero-order valence-electron chi connectivity index (χ0n) is 14.0. The minimum absolute atomic E-state index is 0.778. The third kappa shape index (κ3) is 7.63. The van der Waals surface area contributed by atoms with Crippen LogP contribution in [0.5, 0.6) is 0 Å². The summed E-state index contributed by atoms with van der Waals surface area (Å²) in [7, 11) is -12.3. The highest BCUT2D eigenvalue weighted by Gasteiger charge is 2.46. The van der Waals surface area contributed by atoms with Crippen molar-refractivity contribution in [3.8, 4) is 0 Å². The van der Waals surface area contributed by atoms with Crippen molar-refractivity contribution in [2.24, 2.45) is 7.05 Å². The zero-order chi connectivity index (χ0) is 21.2. The normalized spacial score (nSPS) is 13.9. The number of aryl methyl sites for hydroxylation is 1. The molecule has 0 atom stereocenters. The van der Waals surface area contributed by atoms with Crippen molar-refractivity contribution in [1.82, 2.24) is 4.98 Å². The Labute approximate surface area is 147 Å². The molecule has 1 heterocycles. The Balaban J connectivity index is 0.000000502. The summed E-state index contributed by atoms with van der Waals surface area (Å²) in [6.45, 7) is 7.15. The first-order valence-corrected chi connectivity index (χ1v) is 13.2. The lowest BCUT2D eigenvalue weighted by molar-refractivity contribution is -0.677. The summed E-state index contributed by atoms with van der Waals surface area (Å²) in [6, 6.07) is 1.23. The highest BCUT2D eigenvalue weighted by molar-refractivity contribution is 8.13. The Bertz CT molecular complexity index is 767. The monoisotopic (exact) mass is 449 g/mol. The maximum Gasteiger partial charge on any atom is 0.480 e. The smallest absolute Gasteiger partial charge is 0.421 e. The molecule has 1 aromatic heterocycles. The fraction of sp³-hybridized carbons (Fsp3) is 0.700. The summed E-state index contributed by atoms with van der Waals surface area (Å²) in [6.07, 6.45) is 4.06. The number of sulfonamides is 2. The van der Waals surface area contributed by atoms with Crippen molar-refractivity contribution >= 4 is 28.1 Å². The second kappa shape index (κ2) is 7.85. The zero-order valence-corrected chi connectivity index (χ0v) is 16.6. The predicted molar refractivity (Wildman–Crippen MR) is 82.3 cm³/mol. The van der Waals surface area contributed by atoms with Gasteiger partial charge in [0.15, 0.2) is 20.0 Å². The first-order chi connectivity index (χ1) is 11.2. The molecule has 0 radical (unpaired) electrons. The number of imidazole rings is 1. The molecule has 26 heavy (non-hydrogen) atoms. The average molecular weight is 449 g/mol. The van der Waals surface area contributed by atoms with E-state index in [1.165, 1.54) is 11.9 Å². The van der Waals surface area contributed by atoms with Crippen LogP contribution in [0.3, 0.4) is 0 Å². The molecule has 0 aliphatic heterocycles. The summed E-state index contributed by atoms with van der Waals surface area (Å²) < 4.78 is 111. The third-order valence-electron chi connectivity index (χ3n) is 2.45. The molecule has 0 amide bonds. The molecule has 7 nitrogen and oxygen atoms in total. The quantitative estimate of drug-likeness (QED) is 0.433. The van der Waals surface area contributed by atoms with Crippen LogP contribution in [0, 0.1) is 0 Å². The molecular formula is C10H17F6N3O4S2Si. The second-order valence-electron chi connectivity index (χ2n) is 6.17. The van der Waals surface area contributed by atoms with Gasteiger partial charge in [-0.05, 0) is 0 Å². The van der Waals surface area contributed by atoms with E-state index in [-0.39, 0.29) is 0 Å². The number of halogens is 6. The predicted octanol–water partition coefficient (Wildman–Crippen LogP) is 2.32. The highest BCUT2D eigenvalue weighted by Crippen LogP contribution is 2.36. The van der Waals surface area contributed by atoms with Gasteiger partial charge in [-0.15, -0.1) is 0 Å². The molecule has 0 unspecified atom stereocenters. The molecule has 16 heteroatoms. The lowest BCUT2D eigenvalue weighted by Gasteiger charge is -2.22. The van der Waals surface area contributed by atoms with Gasteiger partial charge >= 0.3 is 11.0 Å². The molecule has 0 saturated carbocycles. The molecule has 0 spiro atoms. The van der Waals surface area contributed by atoms with E-state index in [2.05, 4.69) is 42.4 Å². The Morgan fingerprint density at radius 2 is 1.38 bits per heavy atom. The minimum Gasteiger partial charge on any atom is -0.421 e. The first kappa shape index (κ1) is 24.9. The number of aromatic nitrogens is 2. The van der Waals surface area contributed by atoms with Crippen LogP contribution in [0.4, 0.5) is 26.3 Å². The maximum absolute atomic E-state index is 11.4. The molecule has 1 N–H and O–H groups in total. The number of alkyl halides is 6. The van der Waals surface area contributed by atoms with Gasteiger partial charge in [-0.3, -0.25) is 0 Å². The summed E-state index contributed by atoms with van der Waals surface area (Å²) >= 11 is 0. The van der Waals surface area contributed by atoms with Gasteiger partial charge in [-0.25, -0.2) is 26.4 Å². The van der Waals surface area contributed by atoms with E-state index in [9.17, 15) is 43.2 Å². The fourth-order valence-corrected chi connectivity index (χ4v) is 4.39. The van der Waals surface area contributed by atoms with Crippen LogP contribution in [0.1, 0.15) is 5.82 Å². The molecule has 0 aliphatic rings. The first-order valence-electron chi connectivity index (χ1n) is 6.58. The van der Waals surface area contributed by atoms with Crippen molar-refractivity contribution in [1.29, 1.82) is 0 Å². The van der Waals surface area contributed by atoms with Crippen LogP contribution in [0.2, 0.25) is 19.6 Å². The Hall–Kier alpha value is -1.13. The fourth-order valence-electron chi connectivity index (χ4n) is 1.33. The Morgan fingerprint density at radius 3 is 1.62 bits per heavy atom. The van der Waals surface area contributed by atoms with Gasteiger partial charge in [-0.2, -0.15) is 26.3 Å². The topological polar surface area (TPSA) is 102 Å². The van der Waals surface area contributed by atoms with E-state index >= 15 is 0 Å². The van der Waals surface area contributed by atoms with Crippen molar-refractivity contribution in [3.63, 3.8) is 0 Å². The number of nitrogens with zero attached hydrogens (tertiary/aromatic N) is 2. The third-order valence-corrected chi connectivity index (χ3v) is 6.59. The maximum atomic E-state index is 11.4. The molecule has 0 aromatic carbocycles. The standard InChI is InChI=1S/C8H16N2Si.C2F6NO4S2/c1-10-6-5-9-8(10)7-11(2,3)4;3-1(4,5)14(10,11)9-15(12,13)2(6,7)8/h5-6H,7H2,1-4H3;/q;-1/p+1. The molecule has 154 valence electrons. The molecule has 1 aromatic rings. The summed E-state index contributed by atoms with van der Waals surface area (Å²) in [5.74, 6) is 1.35. The van der Waals surface area contributed by atoms with Gasteiger partial charge in [0, 0.05) is 6.04 Å². The molecule has 0 bridgehead atoms. The van der Waals surface area contributed by atoms with Crippen molar-refractivity contribution in [2.75, 3.05) is 0 Å². The van der Waals surface area contributed by atoms with Crippen LogP contribution in [-0.2, 0) is 33.1 Å². The number of hydrogen-bond acceptors (Lipinski definition) is 4. The molecule has 0 fully saturated rings. The minimum atomic E-state index is -6.72. The van der Waals surface area contributed by atoms with Gasteiger partial charge < -0.3 is 4.13 Å². The summed E-state index contributed by atoms with van der Waals surface area (Å²) in [5, 5.41) is 0. The Kier molecular flexibility index (Phi) is 7.51. The second-order valence-corrected chi connectivity index (χ2v) is 15.1. The number of H-pyrrole nitrogens is 1. The number of aromatic amines is 1. The lowest BCUT2D eigenvalue weighted by atomic mass is 10.7. The summed E-state index contributed by atoms with van der Waals surface area (Å²) in [5.41, 5.74) is -12.4. The molecule has 0 aliphatic carbocycles. The summed E-state index contributed by atoms with van der Waals surface area (Å²) in [4.78, 5) is 3.26. The number of nitrogens with one attached hydrogen (secondary N) is 1. The highest BCUT2D eigenvalue weighted by atomic mass is 32.3. The van der Waals surface area contributed by atoms with Gasteiger partial charge in [0.25, 0.3) is 5.82 Å². The lowest BCUT2D eigenvalue weighted by Crippen LogP contribution is -2.36. The van der Waals surface area contributed by atoms with Crippen LogP contribution in [-0.4, -0.2) is 40.9 Å². The van der Waals surface area contributed by atoms with Crippen LogP contribution in [0.25, 0.3) is 4.13 Å². The van der Waals surface area contributed by atoms with E-state index in [1.54, 1.807) is 0 Å². The van der Waals surface area contributed by atoms with Gasteiger partial charge in [0.1, 0.15) is 12.4 Å². The van der Waals surface area contributed by atoms with Crippen LogP contribution >= 0.6 is 0 Å². The van der Waals surface area contributed by atoms with Gasteiger partial charge in [0.05, 0.1) is 15.1 Å². The van der Waals surface area contributed by atoms with Crippen molar-refractivity contribution in [2.45, 2.75) is 36.7 Å².